The number of amides is 1. The van der Waals surface area contributed by atoms with Gasteiger partial charge in [0.25, 0.3) is 5.91 Å². The van der Waals surface area contributed by atoms with Crippen LogP contribution < -0.4 is 10.1 Å². The fourth-order valence-corrected chi connectivity index (χ4v) is 2.24. The van der Waals surface area contributed by atoms with Crippen LogP contribution in [0.15, 0.2) is 22.6 Å². The minimum absolute atomic E-state index is 0.0989. The van der Waals surface area contributed by atoms with Gasteiger partial charge in [-0.2, -0.15) is 0 Å². The molecule has 0 spiro atoms. The van der Waals surface area contributed by atoms with Gasteiger partial charge in [0, 0.05) is 17.5 Å². The SMILES string of the molecule is COc1ccc2oc(C(=O)O[C@@H](C)C(=O)NCC(C)C)c(C)c2c1. The smallest absolute Gasteiger partial charge is 0.375 e. The lowest BCUT2D eigenvalue weighted by atomic mass is 10.1. The number of carbonyl (C=O) groups is 2. The summed E-state index contributed by atoms with van der Waals surface area (Å²) < 4.78 is 16.0. The number of aryl methyl sites for hydroxylation is 1. The summed E-state index contributed by atoms with van der Waals surface area (Å²) in [4.78, 5) is 24.2. The summed E-state index contributed by atoms with van der Waals surface area (Å²) >= 11 is 0. The van der Waals surface area contributed by atoms with Crippen LogP contribution in [0.1, 0.15) is 36.9 Å². The highest BCUT2D eigenvalue weighted by Crippen LogP contribution is 2.29. The van der Waals surface area contributed by atoms with E-state index in [4.69, 9.17) is 13.9 Å². The van der Waals surface area contributed by atoms with Gasteiger partial charge in [0.1, 0.15) is 11.3 Å². The van der Waals surface area contributed by atoms with Gasteiger partial charge in [-0.25, -0.2) is 4.79 Å². The molecule has 1 heterocycles. The van der Waals surface area contributed by atoms with Crippen molar-refractivity contribution in [2.45, 2.75) is 33.8 Å². The second-order valence-electron chi connectivity index (χ2n) is 6.10. The fraction of sp³-hybridized carbons (Fsp3) is 0.444. The van der Waals surface area contributed by atoms with Crippen molar-refractivity contribution in [1.82, 2.24) is 5.32 Å². The van der Waals surface area contributed by atoms with Gasteiger partial charge < -0.3 is 19.2 Å². The van der Waals surface area contributed by atoms with E-state index in [0.717, 1.165) is 5.39 Å². The highest BCUT2D eigenvalue weighted by Gasteiger charge is 2.24. The molecule has 130 valence electrons. The lowest BCUT2D eigenvalue weighted by molar-refractivity contribution is -0.129. The van der Waals surface area contributed by atoms with Crippen LogP contribution >= 0.6 is 0 Å². The number of nitrogens with one attached hydrogen (secondary N) is 1. The van der Waals surface area contributed by atoms with Gasteiger partial charge in [-0.05, 0) is 38.0 Å². The van der Waals surface area contributed by atoms with Crippen LogP contribution in [0, 0.1) is 12.8 Å². The van der Waals surface area contributed by atoms with Crippen LogP contribution in [0.3, 0.4) is 0 Å². The van der Waals surface area contributed by atoms with E-state index < -0.39 is 12.1 Å². The topological polar surface area (TPSA) is 77.8 Å². The maximum Gasteiger partial charge on any atom is 0.375 e. The number of benzene rings is 1. The molecule has 0 unspecified atom stereocenters. The van der Waals surface area contributed by atoms with E-state index >= 15 is 0 Å². The molecule has 0 aliphatic rings. The Balaban J connectivity index is 2.13. The Bertz CT molecular complexity index is 747. The summed E-state index contributed by atoms with van der Waals surface area (Å²) in [6, 6.07) is 5.28. The van der Waals surface area contributed by atoms with Crippen molar-refractivity contribution >= 4 is 22.8 Å². The third-order valence-corrected chi connectivity index (χ3v) is 3.67. The molecule has 0 bridgehead atoms. The van der Waals surface area contributed by atoms with Crippen LogP contribution in [-0.2, 0) is 9.53 Å². The lowest BCUT2D eigenvalue weighted by Crippen LogP contribution is -2.37. The number of hydrogen-bond acceptors (Lipinski definition) is 5. The van der Waals surface area contributed by atoms with Crippen molar-refractivity contribution in [2.75, 3.05) is 13.7 Å². The van der Waals surface area contributed by atoms with Crippen LogP contribution in [0.5, 0.6) is 5.75 Å². The van der Waals surface area contributed by atoms with Crippen molar-refractivity contribution in [3.8, 4) is 5.75 Å². The first kappa shape index (κ1) is 17.8. The molecule has 0 radical (unpaired) electrons. The van der Waals surface area contributed by atoms with Crippen molar-refractivity contribution in [3.63, 3.8) is 0 Å². The number of hydrogen-bond donors (Lipinski definition) is 1. The average molecular weight is 333 g/mol. The van der Waals surface area contributed by atoms with E-state index in [0.29, 0.717) is 29.4 Å². The standard InChI is InChI=1S/C18H23NO5/c1-10(2)9-19-17(20)12(4)23-18(21)16-11(3)14-8-13(22-5)6-7-15(14)24-16/h6-8,10,12H,9H2,1-5H3,(H,19,20)/t12-/m0/s1. The molecule has 2 rings (SSSR count). The largest absolute Gasteiger partial charge is 0.497 e. The highest BCUT2D eigenvalue weighted by molar-refractivity contribution is 5.97. The van der Waals surface area contributed by atoms with Gasteiger partial charge >= 0.3 is 5.97 Å². The third-order valence-electron chi connectivity index (χ3n) is 3.67. The molecular formula is C18H23NO5. The van der Waals surface area contributed by atoms with Gasteiger partial charge in [-0.15, -0.1) is 0 Å². The molecule has 1 atom stereocenters. The van der Waals surface area contributed by atoms with Crippen LogP contribution in [0.25, 0.3) is 11.0 Å². The van der Waals surface area contributed by atoms with Crippen molar-refractivity contribution < 1.29 is 23.5 Å². The van der Waals surface area contributed by atoms with E-state index in [-0.39, 0.29) is 11.7 Å². The fourth-order valence-electron chi connectivity index (χ4n) is 2.24. The summed E-state index contributed by atoms with van der Waals surface area (Å²) in [6.07, 6.45) is -0.890. The Morgan fingerprint density at radius 3 is 2.58 bits per heavy atom. The summed E-state index contributed by atoms with van der Waals surface area (Å²) in [5.74, 6) is 0.112. The Kier molecular flexibility index (Phi) is 5.49. The molecule has 0 aliphatic heterocycles. The van der Waals surface area contributed by atoms with Crippen LogP contribution in [0.2, 0.25) is 0 Å². The number of rotatable bonds is 6. The molecule has 6 heteroatoms. The first-order valence-corrected chi connectivity index (χ1v) is 7.89. The monoisotopic (exact) mass is 333 g/mol. The van der Waals surface area contributed by atoms with Crippen LogP contribution in [-0.4, -0.2) is 31.6 Å². The zero-order valence-electron chi connectivity index (χ0n) is 14.6. The molecule has 1 aromatic carbocycles. The number of furan rings is 1. The first-order valence-electron chi connectivity index (χ1n) is 7.89. The van der Waals surface area contributed by atoms with E-state index in [1.165, 1.54) is 6.92 Å². The normalized spacial score (nSPS) is 12.2. The maximum atomic E-state index is 12.3. The predicted molar refractivity (Wildman–Crippen MR) is 90.2 cm³/mol. The van der Waals surface area contributed by atoms with Gasteiger partial charge in [0.2, 0.25) is 5.76 Å². The Morgan fingerprint density at radius 2 is 1.96 bits per heavy atom. The third kappa shape index (κ3) is 3.88. The van der Waals surface area contributed by atoms with Crippen molar-refractivity contribution in [1.29, 1.82) is 0 Å². The summed E-state index contributed by atoms with van der Waals surface area (Å²) in [5, 5.41) is 3.51. The first-order chi connectivity index (χ1) is 11.3. The minimum atomic E-state index is -0.890. The van der Waals surface area contributed by atoms with Gasteiger partial charge in [0.05, 0.1) is 7.11 Å². The van der Waals surface area contributed by atoms with Gasteiger partial charge in [-0.1, -0.05) is 13.8 Å². The molecule has 6 nitrogen and oxygen atoms in total. The molecule has 0 aliphatic carbocycles. The average Bonchev–Trinajstić information content (AvgIpc) is 2.88. The van der Waals surface area contributed by atoms with Gasteiger partial charge in [0.15, 0.2) is 6.10 Å². The molecule has 0 fully saturated rings. The van der Waals surface area contributed by atoms with E-state index in [1.807, 2.05) is 13.8 Å². The molecular weight excluding hydrogens is 310 g/mol. The molecule has 1 N–H and O–H groups in total. The van der Waals surface area contributed by atoms with Crippen LogP contribution in [0.4, 0.5) is 0 Å². The molecule has 1 amide bonds. The minimum Gasteiger partial charge on any atom is -0.497 e. The number of ether oxygens (including phenoxy) is 2. The molecule has 0 saturated carbocycles. The van der Waals surface area contributed by atoms with E-state index in [9.17, 15) is 9.59 Å². The number of fused-ring (bicyclic) bond motifs is 1. The summed E-state index contributed by atoms with van der Waals surface area (Å²) in [7, 11) is 1.57. The zero-order valence-corrected chi connectivity index (χ0v) is 14.6. The Labute approximate surface area is 141 Å². The zero-order chi connectivity index (χ0) is 17.9. The number of esters is 1. The lowest BCUT2D eigenvalue weighted by Gasteiger charge is -2.14. The molecule has 1 aromatic heterocycles. The summed E-state index contributed by atoms with van der Waals surface area (Å²) in [5.41, 5.74) is 1.22. The predicted octanol–water partition coefficient (Wildman–Crippen LogP) is 3.07. The van der Waals surface area contributed by atoms with Gasteiger partial charge in [-0.3, -0.25) is 4.79 Å². The molecule has 24 heavy (non-hydrogen) atoms. The molecule has 0 saturated heterocycles. The van der Waals surface area contributed by atoms with E-state index in [1.54, 1.807) is 32.2 Å². The van der Waals surface area contributed by atoms with Crippen molar-refractivity contribution in [2.24, 2.45) is 5.92 Å². The second-order valence-corrected chi connectivity index (χ2v) is 6.10. The highest BCUT2D eigenvalue weighted by atomic mass is 16.6. The quantitative estimate of drug-likeness (QED) is 0.822. The Hall–Kier alpha value is -2.50. The number of carbonyl (C=O) groups excluding carboxylic acids is 2. The van der Waals surface area contributed by atoms with Crippen molar-refractivity contribution in [3.05, 3.63) is 29.5 Å². The Morgan fingerprint density at radius 1 is 1.25 bits per heavy atom. The van der Waals surface area contributed by atoms with E-state index in [2.05, 4.69) is 5.32 Å². The number of methoxy groups -OCH3 is 1. The second kappa shape index (κ2) is 7.38. The maximum absolute atomic E-state index is 12.3. The summed E-state index contributed by atoms with van der Waals surface area (Å²) in [6.45, 7) is 7.82. The molecule has 2 aromatic rings.